The summed E-state index contributed by atoms with van der Waals surface area (Å²) in [5, 5.41) is 6.86. The molecular formula is C21H21N3O3. The fourth-order valence-electron chi connectivity index (χ4n) is 3.59. The first kappa shape index (κ1) is 17.3. The maximum atomic E-state index is 12.6. The molecule has 27 heavy (non-hydrogen) atoms. The van der Waals surface area contributed by atoms with Crippen LogP contribution in [0.5, 0.6) is 0 Å². The van der Waals surface area contributed by atoms with Crippen LogP contribution in [-0.2, 0) is 16.1 Å². The predicted molar refractivity (Wildman–Crippen MR) is 104 cm³/mol. The van der Waals surface area contributed by atoms with Crippen molar-refractivity contribution in [1.29, 1.82) is 0 Å². The van der Waals surface area contributed by atoms with Gasteiger partial charge in [0.1, 0.15) is 0 Å². The molecule has 0 bridgehead atoms. The third kappa shape index (κ3) is 3.31. The summed E-state index contributed by atoms with van der Waals surface area (Å²) in [5.41, 5.74) is 3.34. The first-order valence-corrected chi connectivity index (χ1v) is 8.94. The number of methoxy groups -OCH3 is 1. The van der Waals surface area contributed by atoms with Gasteiger partial charge >= 0.3 is 0 Å². The molecule has 1 aliphatic heterocycles. The second-order valence-corrected chi connectivity index (χ2v) is 6.61. The number of carbonyl (C=O) groups is 2. The summed E-state index contributed by atoms with van der Waals surface area (Å²) < 4.78 is 7.24. The lowest BCUT2D eigenvalue weighted by atomic mass is 10.0. The molecule has 3 aromatic rings. The molecule has 6 nitrogen and oxygen atoms in total. The summed E-state index contributed by atoms with van der Waals surface area (Å²) in [6.07, 6.45) is 2.19. The van der Waals surface area contributed by atoms with Gasteiger partial charge in [-0.2, -0.15) is 0 Å². The van der Waals surface area contributed by atoms with Crippen LogP contribution in [-0.4, -0.2) is 30.1 Å². The zero-order chi connectivity index (χ0) is 18.8. The van der Waals surface area contributed by atoms with Crippen molar-refractivity contribution < 1.29 is 14.3 Å². The van der Waals surface area contributed by atoms with Crippen LogP contribution >= 0.6 is 0 Å². The van der Waals surface area contributed by atoms with Crippen molar-refractivity contribution in [2.45, 2.75) is 19.0 Å². The molecule has 2 N–H and O–H groups in total. The van der Waals surface area contributed by atoms with Gasteiger partial charge in [-0.25, -0.2) is 0 Å². The number of hydrogen-bond acceptors (Lipinski definition) is 3. The van der Waals surface area contributed by atoms with Crippen LogP contribution in [0.25, 0.3) is 10.9 Å². The van der Waals surface area contributed by atoms with E-state index in [1.807, 2.05) is 48.7 Å². The maximum Gasteiger partial charge on any atom is 0.252 e. The largest absolute Gasteiger partial charge is 0.383 e. The summed E-state index contributed by atoms with van der Waals surface area (Å²) in [6.45, 7) is 1.38. The van der Waals surface area contributed by atoms with E-state index in [4.69, 9.17) is 4.74 Å². The summed E-state index contributed by atoms with van der Waals surface area (Å²) >= 11 is 0. The average molecular weight is 363 g/mol. The van der Waals surface area contributed by atoms with Crippen molar-refractivity contribution in [1.82, 2.24) is 9.88 Å². The van der Waals surface area contributed by atoms with E-state index in [-0.39, 0.29) is 24.3 Å². The number of rotatable bonds is 6. The van der Waals surface area contributed by atoms with E-state index in [1.165, 1.54) is 0 Å². The van der Waals surface area contributed by atoms with Gasteiger partial charge in [-0.1, -0.05) is 24.3 Å². The molecule has 0 saturated heterocycles. The summed E-state index contributed by atoms with van der Waals surface area (Å²) in [6, 6.07) is 14.9. The highest BCUT2D eigenvalue weighted by Gasteiger charge is 2.29. The highest BCUT2D eigenvalue weighted by molar-refractivity contribution is 6.03. The van der Waals surface area contributed by atoms with E-state index in [1.54, 1.807) is 13.2 Å². The Morgan fingerprint density at radius 3 is 2.89 bits per heavy atom. The van der Waals surface area contributed by atoms with Gasteiger partial charge in [0, 0.05) is 30.8 Å². The van der Waals surface area contributed by atoms with Crippen LogP contribution in [0.2, 0.25) is 0 Å². The summed E-state index contributed by atoms with van der Waals surface area (Å²) in [5.74, 6) is -0.255. The van der Waals surface area contributed by atoms with Crippen LogP contribution in [0.15, 0.2) is 54.7 Å². The Bertz CT molecular complexity index is 1010. The number of aromatic nitrogens is 1. The van der Waals surface area contributed by atoms with Crippen LogP contribution in [0.1, 0.15) is 28.4 Å². The molecule has 0 saturated carbocycles. The van der Waals surface area contributed by atoms with E-state index in [0.29, 0.717) is 12.2 Å². The number of nitrogens with one attached hydrogen (secondary N) is 2. The number of benzene rings is 2. The van der Waals surface area contributed by atoms with Crippen LogP contribution in [0, 0.1) is 0 Å². The molecule has 1 aromatic heterocycles. The smallest absolute Gasteiger partial charge is 0.252 e. The molecule has 138 valence electrons. The number of ether oxygens (including phenoxy) is 1. The quantitative estimate of drug-likeness (QED) is 0.707. The van der Waals surface area contributed by atoms with Gasteiger partial charge in [0.05, 0.1) is 30.3 Å². The van der Waals surface area contributed by atoms with Gasteiger partial charge in [-0.3, -0.25) is 9.59 Å². The number of hydrogen-bond donors (Lipinski definition) is 2. The van der Waals surface area contributed by atoms with Gasteiger partial charge < -0.3 is 19.9 Å². The first-order valence-electron chi connectivity index (χ1n) is 8.94. The number of fused-ring (bicyclic) bond motifs is 2. The molecule has 1 atom stereocenters. The molecule has 4 rings (SSSR count). The second-order valence-electron chi connectivity index (χ2n) is 6.61. The molecule has 0 spiro atoms. The van der Waals surface area contributed by atoms with E-state index in [2.05, 4.69) is 15.2 Å². The number of amides is 2. The molecule has 0 radical (unpaired) electrons. The molecule has 1 aliphatic rings. The third-order valence-electron chi connectivity index (χ3n) is 4.90. The summed E-state index contributed by atoms with van der Waals surface area (Å²) in [7, 11) is 1.68. The molecular weight excluding hydrogens is 342 g/mol. The monoisotopic (exact) mass is 363 g/mol. The highest BCUT2D eigenvalue weighted by Crippen LogP contribution is 2.29. The van der Waals surface area contributed by atoms with Crippen molar-refractivity contribution in [2.75, 3.05) is 19.0 Å². The third-order valence-corrected chi connectivity index (χ3v) is 4.90. The Labute approximate surface area is 157 Å². The van der Waals surface area contributed by atoms with E-state index < -0.39 is 0 Å². The van der Waals surface area contributed by atoms with Gasteiger partial charge in [-0.15, -0.1) is 0 Å². The van der Waals surface area contributed by atoms with Crippen molar-refractivity contribution in [3.8, 4) is 0 Å². The number of nitrogens with zero attached hydrogens (tertiary/aromatic N) is 1. The second kappa shape index (κ2) is 7.25. The van der Waals surface area contributed by atoms with Crippen LogP contribution in [0.3, 0.4) is 0 Å². The fraction of sp³-hybridized carbons (Fsp3) is 0.238. The van der Waals surface area contributed by atoms with Crippen molar-refractivity contribution in [3.05, 3.63) is 65.9 Å². The predicted octanol–water partition coefficient (Wildman–Crippen LogP) is 3.10. The zero-order valence-electron chi connectivity index (χ0n) is 15.1. The minimum absolute atomic E-state index is 0.124. The van der Waals surface area contributed by atoms with Crippen LogP contribution < -0.4 is 10.6 Å². The van der Waals surface area contributed by atoms with Gasteiger partial charge in [-0.05, 0) is 29.8 Å². The first-order chi connectivity index (χ1) is 13.2. The Hall–Kier alpha value is -3.12. The molecule has 2 aromatic carbocycles. The lowest BCUT2D eigenvalue weighted by molar-refractivity contribution is -0.116. The number of carbonyl (C=O) groups excluding carboxylic acids is 2. The highest BCUT2D eigenvalue weighted by atomic mass is 16.5. The molecule has 2 amide bonds. The molecule has 2 heterocycles. The Morgan fingerprint density at radius 2 is 2.04 bits per heavy atom. The van der Waals surface area contributed by atoms with Crippen LogP contribution in [0.4, 0.5) is 5.69 Å². The summed E-state index contributed by atoms with van der Waals surface area (Å²) in [4.78, 5) is 24.6. The zero-order valence-corrected chi connectivity index (χ0v) is 15.1. The number of anilines is 1. The average Bonchev–Trinajstić information content (AvgIpc) is 3.22. The SMILES string of the molecule is COCCn1ccc2c(NC(=O)C[C@@H]3NC(=O)c4ccccc43)cccc21. The Morgan fingerprint density at radius 1 is 1.19 bits per heavy atom. The van der Waals surface area contributed by atoms with Gasteiger partial charge in [0.2, 0.25) is 5.91 Å². The minimum Gasteiger partial charge on any atom is -0.383 e. The van der Waals surface area contributed by atoms with Crippen molar-refractivity contribution in [3.63, 3.8) is 0 Å². The minimum atomic E-state index is -0.292. The van der Waals surface area contributed by atoms with Gasteiger partial charge in [0.15, 0.2) is 0 Å². The fourth-order valence-corrected chi connectivity index (χ4v) is 3.59. The molecule has 6 heteroatoms. The topological polar surface area (TPSA) is 72.4 Å². The Kier molecular flexibility index (Phi) is 4.64. The van der Waals surface area contributed by atoms with E-state index in [9.17, 15) is 9.59 Å². The molecule has 0 unspecified atom stereocenters. The van der Waals surface area contributed by atoms with E-state index in [0.717, 1.165) is 28.7 Å². The van der Waals surface area contributed by atoms with Crippen molar-refractivity contribution >= 4 is 28.4 Å². The van der Waals surface area contributed by atoms with E-state index >= 15 is 0 Å². The van der Waals surface area contributed by atoms with Gasteiger partial charge in [0.25, 0.3) is 5.91 Å². The molecule has 0 fully saturated rings. The van der Waals surface area contributed by atoms with Crippen molar-refractivity contribution in [2.24, 2.45) is 0 Å². The lowest BCUT2D eigenvalue weighted by Gasteiger charge is -2.13. The molecule has 0 aliphatic carbocycles. The Balaban J connectivity index is 1.51. The maximum absolute atomic E-state index is 12.6. The normalized spacial score (nSPS) is 15.6. The standard InChI is InChI=1S/C21H21N3O3/c1-27-12-11-24-10-9-16-17(7-4-8-19(16)24)22-20(25)13-18-14-5-2-3-6-15(14)21(26)23-18/h2-10,18H,11-13H2,1H3,(H,22,25)(H,23,26)/t18-/m0/s1. The lowest BCUT2D eigenvalue weighted by Crippen LogP contribution is -2.24.